The van der Waals surface area contributed by atoms with Gasteiger partial charge in [0.05, 0.1) is 5.69 Å². The number of hydrogen-bond acceptors (Lipinski definition) is 5. The summed E-state index contributed by atoms with van der Waals surface area (Å²) in [5.41, 5.74) is 7.81. The number of hydrogen-bond donors (Lipinski definition) is 1. The Labute approximate surface area is 315 Å². The molecule has 0 amide bonds. The van der Waals surface area contributed by atoms with Crippen molar-refractivity contribution >= 4 is 27.5 Å². The molecule has 0 unspecified atom stereocenters. The number of carbonyl (C=O) groups is 1. The zero-order valence-corrected chi connectivity index (χ0v) is 32.9. The van der Waals surface area contributed by atoms with E-state index in [1.165, 1.54) is 28.2 Å². The van der Waals surface area contributed by atoms with Crippen LogP contribution in [-0.2, 0) is 37.7 Å². The standard InChI is InChI=1S/C30H19N2O.C15H28O2.Ir/c1-2-7-19(8-3-1)24-18-22(17-21-9-4-5-11-23(21)24)30-28-26(14-16-32-30)33-25-13-12-20-10-6-15-31-29(20)27(25)28;1-7-14(5,8-2)12(16)11-13(17)15(6,9-3)10-4;/h1-11,14-16,18H,12-13H2;11,16H,7-10H2,1-6H3;/q-1;;/b;12-11-;. The van der Waals surface area contributed by atoms with Crippen molar-refractivity contribution in [3.63, 3.8) is 0 Å². The Morgan fingerprint density at radius 1 is 0.824 bits per heavy atom. The third-order valence-corrected chi connectivity index (χ3v) is 11.1. The number of furan rings is 1. The summed E-state index contributed by atoms with van der Waals surface area (Å²) in [5, 5.41) is 13.4. The Balaban J connectivity index is 0.000000242. The Morgan fingerprint density at radius 2 is 1.49 bits per heavy atom. The normalized spacial score (nSPS) is 12.8. The van der Waals surface area contributed by atoms with E-state index in [4.69, 9.17) is 14.4 Å². The molecule has 0 spiro atoms. The predicted molar refractivity (Wildman–Crippen MR) is 205 cm³/mol. The molecule has 6 heteroatoms. The number of allylic oxidation sites excluding steroid dienone is 2. The Bertz CT molecular complexity index is 2180. The van der Waals surface area contributed by atoms with E-state index in [1.807, 2.05) is 72.1 Å². The second-order valence-corrected chi connectivity index (χ2v) is 13.9. The van der Waals surface area contributed by atoms with Crippen LogP contribution in [0.4, 0.5) is 0 Å². The number of fused-ring (bicyclic) bond motifs is 6. The van der Waals surface area contributed by atoms with Gasteiger partial charge in [0.2, 0.25) is 0 Å². The average Bonchev–Trinajstić information content (AvgIpc) is 3.57. The third-order valence-electron chi connectivity index (χ3n) is 11.1. The van der Waals surface area contributed by atoms with Crippen LogP contribution in [0.5, 0.6) is 0 Å². The van der Waals surface area contributed by atoms with Crippen LogP contribution in [0.25, 0.3) is 55.4 Å². The minimum absolute atomic E-state index is 0. The van der Waals surface area contributed by atoms with Crippen molar-refractivity contribution in [3.05, 3.63) is 120 Å². The minimum atomic E-state index is -0.337. The van der Waals surface area contributed by atoms with E-state index in [9.17, 15) is 9.90 Å². The molecule has 0 fully saturated rings. The molecule has 51 heavy (non-hydrogen) atoms. The van der Waals surface area contributed by atoms with E-state index in [0.717, 1.165) is 83.2 Å². The second-order valence-electron chi connectivity index (χ2n) is 13.9. The maximum absolute atomic E-state index is 12.2. The summed E-state index contributed by atoms with van der Waals surface area (Å²) >= 11 is 0. The number of benzene rings is 3. The smallest absolute Gasteiger partial charge is 0.164 e. The number of nitrogens with zero attached hydrogens (tertiary/aromatic N) is 2. The number of carbonyl (C=O) groups excluding carboxylic acids is 1. The fraction of sp³-hybridized carbons (Fsp3) is 0.311. The molecule has 1 aliphatic carbocycles. The summed E-state index contributed by atoms with van der Waals surface area (Å²) in [4.78, 5) is 21.8. The molecule has 0 atom stereocenters. The minimum Gasteiger partial charge on any atom is -0.512 e. The van der Waals surface area contributed by atoms with Crippen molar-refractivity contribution in [3.8, 4) is 33.6 Å². The number of aliphatic hydroxyl groups is 1. The molecule has 1 aliphatic rings. The number of aromatic nitrogens is 2. The summed E-state index contributed by atoms with van der Waals surface area (Å²) in [5.74, 6) is 1.28. The van der Waals surface area contributed by atoms with Crippen LogP contribution in [0.15, 0.2) is 108 Å². The second kappa shape index (κ2) is 15.9. The molecule has 7 rings (SSSR count). The molecular formula is C45H47IrN2O3-. The van der Waals surface area contributed by atoms with Crippen LogP contribution in [0.2, 0.25) is 0 Å². The van der Waals surface area contributed by atoms with Crippen molar-refractivity contribution < 1.29 is 34.4 Å². The van der Waals surface area contributed by atoms with E-state index in [-0.39, 0.29) is 42.5 Å². The van der Waals surface area contributed by atoms with Gasteiger partial charge in [0, 0.05) is 72.5 Å². The van der Waals surface area contributed by atoms with E-state index in [2.05, 4.69) is 66.7 Å². The molecule has 265 valence electrons. The molecule has 1 radical (unpaired) electrons. The third kappa shape index (κ3) is 7.36. The van der Waals surface area contributed by atoms with Gasteiger partial charge in [-0.3, -0.25) is 14.8 Å². The van der Waals surface area contributed by atoms with Gasteiger partial charge in [-0.25, -0.2) is 0 Å². The Hall–Kier alpha value is -4.38. The first-order chi connectivity index (χ1) is 24.2. The van der Waals surface area contributed by atoms with Gasteiger partial charge in [0.1, 0.15) is 17.1 Å². The Kier molecular flexibility index (Phi) is 11.8. The molecule has 3 heterocycles. The molecule has 3 aromatic heterocycles. The fourth-order valence-electron chi connectivity index (χ4n) is 6.74. The first-order valence-electron chi connectivity index (χ1n) is 18.0. The average molecular weight is 856 g/mol. The van der Waals surface area contributed by atoms with Gasteiger partial charge in [0.15, 0.2) is 5.78 Å². The quantitative estimate of drug-likeness (QED) is 0.0890. The zero-order chi connectivity index (χ0) is 35.5. The van der Waals surface area contributed by atoms with Gasteiger partial charge >= 0.3 is 0 Å². The van der Waals surface area contributed by atoms with Crippen molar-refractivity contribution in [1.82, 2.24) is 9.97 Å². The maximum Gasteiger partial charge on any atom is 0.164 e. The number of ketones is 1. The van der Waals surface area contributed by atoms with Crippen molar-refractivity contribution in [2.75, 3.05) is 0 Å². The number of aryl methyl sites for hydroxylation is 2. The number of aliphatic hydroxyl groups excluding tert-OH is 1. The molecule has 6 aromatic rings. The Morgan fingerprint density at radius 3 is 2.20 bits per heavy atom. The SMILES string of the molecule is CCC(C)(CC)C(=O)/C=C(\O)C(C)(CC)CC.[Ir].[c-]1c(-c2nccc3oc4c(c23)-c2ncccc2CC4)cc(-c2ccccc2)c2ccccc12. The van der Waals surface area contributed by atoms with E-state index < -0.39 is 0 Å². The monoisotopic (exact) mass is 856 g/mol. The topological polar surface area (TPSA) is 76.2 Å². The van der Waals surface area contributed by atoms with E-state index in [1.54, 1.807) is 0 Å². The zero-order valence-electron chi connectivity index (χ0n) is 30.5. The van der Waals surface area contributed by atoms with Crippen molar-refractivity contribution in [2.45, 2.75) is 80.1 Å². The summed E-state index contributed by atoms with van der Waals surface area (Å²) < 4.78 is 6.32. The van der Waals surface area contributed by atoms with E-state index in [0.29, 0.717) is 0 Å². The molecule has 0 saturated carbocycles. The van der Waals surface area contributed by atoms with Gasteiger partial charge in [-0.2, -0.15) is 0 Å². The van der Waals surface area contributed by atoms with Crippen molar-refractivity contribution in [1.29, 1.82) is 0 Å². The summed E-state index contributed by atoms with van der Waals surface area (Å²) in [6.07, 6.45) is 10.3. The number of rotatable bonds is 9. The maximum atomic E-state index is 12.2. The first kappa shape index (κ1) is 37.9. The van der Waals surface area contributed by atoms with Crippen LogP contribution >= 0.6 is 0 Å². The van der Waals surface area contributed by atoms with Crippen LogP contribution < -0.4 is 0 Å². The predicted octanol–water partition coefficient (Wildman–Crippen LogP) is 11.9. The number of pyridine rings is 2. The largest absolute Gasteiger partial charge is 0.512 e. The molecule has 5 nitrogen and oxygen atoms in total. The van der Waals surface area contributed by atoms with Crippen molar-refractivity contribution in [2.24, 2.45) is 10.8 Å². The van der Waals surface area contributed by atoms with E-state index >= 15 is 0 Å². The van der Waals surface area contributed by atoms with Crippen LogP contribution in [0.3, 0.4) is 0 Å². The van der Waals surface area contributed by atoms with Gasteiger partial charge in [0.25, 0.3) is 0 Å². The van der Waals surface area contributed by atoms with Gasteiger partial charge < -0.3 is 9.52 Å². The molecule has 0 aliphatic heterocycles. The fourth-order valence-corrected chi connectivity index (χ4v) is 6.74. The molecule has 0 bridgehead atoms. The summed E-state index contributed by atoms with van der Waals surface area (Å²) in [7, 11) is 0. The van der Waals surface area contributed by atoms with Gasteiger partial charge in [-0.15, -0.1) is 23.6 Å². The molecule has 3 aromatic carbocycles. The summed E-state index contributed by atoms with van der Waals surface area (Å²) in [6.45, 7) is 12.1. The van der Waals surface area contributed by atoms with Crippen LogP contribution in [-0.4, -0.2) is 20.9 Å². The van der Waals surface area contributed by atoms with Gasteiger partial charge in [-0.1, -0.05) is 113 Å². The first-order valence-corrected chi connectivity index (χ1v) is 18.0. The van der Waals surface area contributed by atoms with Crippen LogP contribution in [0.1, 0.15) is 78.5 Å². The van der Waals surface area contributed by atoms with Gasteiger partial charge in [-0.05, 0) is 55.4 Å². The van der Waals surface area contributed by atoms with Crippen LogP contribution in [0, 0.1) is 16.9 Å². The molecule has 0 saturated heterocycles. The molecular weight excluding hydrogens is 809 g/mol. The summed E-state index contributed by atoms with van der Waals surface area (Å²) in [6, 6.07) is 30.9. The molecule has 1 N–H and O–H groups in total.